The van der Waals surface area contributed by atoms with E-state index in [0.717, 1.165) is 70.6 Å². The molecular weight excluding hydrogens is 793 g/mol. The molecule has 0 saturated heterocycles. The number of carbonyl (C=O) groups excluding carboxylic acids is 3. The van der Waals surface area contributed by atoms with E-state index in [1.54, 1.807) is 0 Å². The minimum Gasteiger partial charge on any atom is -0.462 e. The second-order valence-corrected chi connectivity index (χ2v) is 18.9. The van der Waals surface area contributed by atoms with Crippen molar-refractivity contribution in [1.82, 2.24) is 0 Å². The number of esters is 3. The van der Waals surface area contributed by atoms with Gasteiger partial charge in [-0.25, -0.2) is 0 Å². The van der Waals surface area contributed by atoms with Crippen LogP contribution in [0.4, 0.5) is 0 Å². The van der Waals surface area contributed by atoms with Gasteiger partial charge in [0.15, 0.2) is 6.10 Å². The molecule has 0 aliphatic heterocycles. The summed E-state index contributed by atoms with van der Waals surface area (Å²) in [6.07, 6.45) is 62.8. The number of hydrogen-bond donors (Lipinski definition) is 0. The van der Waals surface area contributed by atoms with Crippen molar-refractivity contribution in [3.05, 3.63) is 36.5 Å². The SMILES string of the molecule is CCCC/C=C\C=C/CCCCCC(=O)OCC(COC(=O)CCCCCCCCC/C=C\CCCCCCCCCC)OC(=O)CCCCCCCCCCCCCCCCCC. The molecule has 0 aromatic heterocycles. The zero-order valence-corrected chi connectivity index (χ0v) is 42.8. The van der Waals surface area contributed by atoms with Crippen LogP contribution in [0.3, 0.4) is 0 Å². The van der Waals surface area contributed by atoms with Crippen LogP contribution in [-0.4, -0.2) is 37.2 Å². The third-order valence-corrected chi connectivity index (χ3v) is 12.4. The molecule has 1 atom stereocenters. The fourth-order valence-electron chi connectivity index (χ4n) is 8.12. The van der Waals surface area contributed by atoms with E-state index in [2.05, 4.69) is 57.2 Å². The molecular formula is C58H106O6. The predicted octanol–water partition coefficient (Wildman–Crippen LogP) is 18.5. The minimum atomic E-state index is -0.781. The second kappa shape index (κ2) is 53.2. The first-order valence-electron chi connectivity index (χ1n) is 28.0. The molecule has 0 aromatic carbocycles. The van der Waals surface area contributed by atoms with Crippen LogP contribution in [0.5, 0.6) is 0 Å². The van der Waals surface area contributed by atoms with Crippen molar-refractivity contribution < 1.29 is 28.6 Å². The molecule has 0 radical (unpaired) electrons. The molecule has 0 spiro atoms. The summed E-state index contributed by atoms with van der Waals surface area (Å²) in [7, 11) is 0. The Kier molecular flexibility index (Phi) is 51.3. The molecule has 0 saturated carbocycles. The summed E-state index contributed by atoms with van der Waals surface area (Å²) in [5.41, 5.74) is 0. The molecule has 0 N–H and O–H groups in total. The van der Waals surface area contributed by atoms with E-state index in [1.807, 2.05) is 0 Å². The van der Waals surface area contributed by atoms with Gasteiger partial charge in [0.25, 0.3) is 0 Å². The fraction of sp³-hybridized carbons (Fsp3) is 0.845. The van der Waals surface area contributed by atoms with Crippen LogP contribution in [0, 0.1) is 0 Å². The highest BCUT2D eigenvalue weighted by Crippen LogP contribution is 2.16. The van der Waals surface area contributed by atoms with E-state index in [-0.39, 0.29) is 31.1 Å². The maximum absolute atomic E-state index is 12.8. The number of rotatable bonds is 51. The van der Waals surface area contributed by atoms with Gasteiger partial charge < -0.3 is 14.2 Å². The molecule has 0 heterocycles. The molecule has 374 valence electrons. The van der Waals surface area contributed by atoms with Crippen LogP contribution < -0.4 is 0 Å². The Hall–Kier alpha value is -2.37. The molecule has 0 rings (SSSR count). The molecule has 0 aromatic rings. The molecule has 0 amide bonds. The number of ether oxygens (including phenoxy) is 3. The molecule has 64 heavy (non-hydrogen) atoms. The van der Waals surface area contributed by atoms with Crippen LogP contribution in [0.2, 0.25) is 0 Å². The van der Waals surface area contributed by atoms with Crippen LogP contribution in [0.1, 0.15) is 297 Å². The summed E-state index contributed by atoms with van der Waals surface area (Å²) in [6.45, 7) is 6.59. The zero-order chi connectivity index (χ0) is 46.5. The molecule has 1 unspecified atom stereocenters. The second-order valence-electron chi connectivity index (χ2n) is 18.9. The van der Waals surface area contributed by atoms with Gasteiger partial charge in [0.2, 0.25) is 0 Å². The number of hydrogen-bond acceptors (Lipinski definition) is 6. The largest absolute Gasteiger partial charge is 0.462 e. The Morgan fingerprint density at radius 3 is 0.938 bits per heavy atom. The molecule has 0 aliphatic carbocycles. The highest BCUT2D eigenvalue weighted by molar-refractivity contribution is 5.71. The van der Waals surface area contributed by atoms with E-state index < -0.39 is 6.10 Å². The quantitative estimate of drug-likeness (QED) is 0.0199. The predicted molar refractivity (Wildman–Crippen MR) is 275 cm³/mol. The van der Waals surface area contributed by atoms with E-state index in [4.69, 9.17) is 14.2 Å². The fourth-order valence-corrected chi connectivity index (χ4v) is 8.12. The van der Waals surface area contributed by atoms with E-state index in [9.17, 15) is 14.4 Å². The third kappa shape index (κ3) is 50.6. The molecule has 0 aliphatic rings. The average molecular weight is 899 g/mol. The number of allylic oxidation sites excluding steroid dienone is 6. The van der Waals surface area contributed by atoms with Crippen LogP contribution in [0.25, 0.3) is 0 Å². The van der Waals surface area contributed by atoms with Gasteiger partial charge in [-0.05, 0) is 64.2 Å². The van der Waals surface area contributed by atoms with Crippen molar-refractivity contribution in [3.63, 3.8) is 0 Å². The van der Waals surface area contributed by atoms with Crippen molar-refractivity contribution >= 4 is 17.9 Å². The first kappa shape index (κ1) is 61.6. The molecule has 6 nitrogen and oxygen atoms in total. The van der Waals surface area contributed by atoms with Crippen LogP contribution in [0.15, 0.2) is 36.5 Å². The Morgan fingerprint density at radius 1 is 0.312 bits per heavy atom. The van der Waals surface area contributed by atoms with E-state index >= 15 is 0 Å². The van der Waals surface area contributed by atoms with Crippen molar-refractivity contribution in [2.24, 2.45) is 0 Å². The average Bonchev–Trinajstić information content (AvgIpc) is 3.29. The van der Waals surface area contributed by atoms with Gasteiger partial charge in [-0.3, -0.25) is 14.4 Å². The summed E-state index contributed by atoms with van der Waals surface area (Å²) in [5.74, 6) is -0.898. The third-order valence-electron chi connectivity index (χ3n) is 12.4. The zero-order valence-electron chi connectivity index (χ0n) is 42.8. The summed E-state index contributed by atoms with van der Waals surface area (Å²) in [6, 6.07) is 0. The van der Waals surface area contributed by atoms with Gasteiger partial charge in [-0.2, -0.15) is 0 Å². The van der Waals surface area contributed by atoms with Crippen LogP contribution in [-0.2, 0) is 28.6 Å². The maximum Gasteiger partial charge on any atom is 0.306 e. The maximum atomic E-state index is 12.8. The van der Waals surface area contributed by atoms with Crippen molar-refractivity contribution in [3.8, 4) is 0 Å². The summed E-state index contributed by atoms with van der Waals surface area (Å²) in [4.78, 5) is 38.0. The summed E-state index contributed by atoms with van der Waals surface area (Å²) in [5, 5.41) is 0. The van der Waals surface area contributed by atoms with Crippen LogP contribution >= 0.6 is 0 Å². The van der Waals surface area contributed by atoms with Crippen molar-refractivity contribution in [1.29, 1.82) is 0 Å². The van der Waals surface area contributed by atoms with Gasteiger partial charge in [-0.1, -0.05) is 250 Å². The van der Waals surface area contributed by atoms with E-state index in [0.29, 0.717) is 19.3 Å². The van der Waals surface area contributed by atoms with Gasteiger partial charge >= 0.3 is 17.9 Å². The monoisotopic (exact) mass is 899 g/mol. The lowest BCUT2D eigenvalue weighted by atomic mass is 10.0. The Labute approximate surface area is 397 Å². The first-order chi connectivity index (χ1) is 31.5. The standard InChI is InChI=1S/C58H106O6/c1-4-7-10-13-16-19-22-24-26-28-29-30-32-33-36-39-42-45-48-51-57(60)63-54-55(53-62-56(59)50-47-44-41-38-35-21-18-15-12-9-6-3)64-58(61)52-49-46-43-40-37-34-31-27-25-23-20-17-14-11-8-5-2/h15,18,21,28-29,35,55H,4-14,16-17,19-20,22-27,30-34,36-54H2,1-3H3/b18-15-,29-28-,35-21-. The highest BCUT2D eigenvalue weighted by Gasteiger charge is 2.19. The van der Waals surface area contributed by atoms with Gasteiger partial charge in [0.05, 0.1) is 0 Å². The normalized spacial score (nSPS) is 12.2. The van der Waals surface area contributed by atoms with E-state index in [1.165, 1.54) is 186 Å². The molecule has 0 fully saturated rings. The minimum absolute atomic E-state index is 0.0798. The van der Waals surface area contributed by atoms with Gasteiger partial charge in [0, 0.05) is 19.3 Å². The lowest BCUT2D eigenvalue weighted by Gasteiger charge is -2.18. The number of unbranched alkanes of at least 4 members (excludes halogenated alkanes) is 35. The summed E-state index contributed by atoms with van der Waals surface area (Å²) < 4.78 is 16.8. The Bertz CT molecular complexity index is 1080. The van der Waals surface area contributed by atoms with Crippen molar-refractivity contribution in [2.45, 2.75) is 303 Å². The van der Waals surface area contributed by atoms with Gasteiger partial charge in [-0.15, -0.1) is 0 Å². The lowest BCUT2D eigenvalue weighted by Crippen LogP contribution is -2.30. The highest BCUT2D eigenvalue weighted by atomic mass is 16.6. The van der Waals surface area contributed by atoms with Gasteiger partial charge in [0.1, 0.15) is 13.2 Å². The summed E-state index contributed by atoms with van der Waals surface area (Å²) >= 11 is 0. The smallest absolute Gasteiger partial charge is 0.306 e. The molecule has 0 bridgehead atoms. The topological polar surface area (TPSA) is 78.9 Å². The van der Waals surface area contributed by atoms with Crippen molar-refractivity contribution in [2.75, 3.05) is 13.2 Å². The lowest BCUT2D eigenvalue weighted by molar-refractivity contribution is -0.167. The number of carbonyl (C=O) groups is 3. The Balaban J connectivity index is 4.32. The molecule has 6 heteroatoms. The Morgan fingerprint density at radius 2 is 0.578 bits per heavy atom. The first-order valence-corrected chi connectivity index (χ1v) is 28.0.